The molecule has 0 saturated carbocycles. The maximum absolute atomic E-state index is 14.2. The highest BCUT2D eigenvalue weighted by atomic mass is 31.2. The van der Waals surface area contributed by atoms with Crippen molar-refractivity contribution >= 4 is 23.2 Å². The Hall–Kier alpha value is -1.07. The molecule has 0 radical (unpaired) electrons. The number of hydrogen-bond acceptors (Lipinski definition) is 1. The van der Waals surface area contributed by atoms with Crippen molar-refractivity contribution in [1.82, 2.24) is 0 Å². The molecule has 0 aliphatic heterocycles. The van der Waals surface area contributed by atoms with Crippen LogP contribution in [0.15, 0.2) is 42.5 Å². The quantitative estimate of drug-likeness (QED) is 0.216. The van der Waals surface area contributed by atoms with E-state index in [1.54, 1.807) is 0 Å². The molecule has 2 aromatic rings. The van der Waals surface area contributed by atoms with Crippen LogP contribution in [0.2, 0.25) is 0 Å². The van der Waals surface area contributed by atoms with E-state index in [0.29, 0.717) is 0 Å². The van der Waals surface area contributed by atoms with Gasteiger partial charge in [-0.05, 0) is 23.6 Å². The van der Waals surface area contributed by atoms with Gasteiger partial charge < -0.3 is 4.57 Å². The smallest absolute Gasteiger partial charge is 0.116 e. The highest BCUT2D eigenvalue weighted by Crippen LogP contribution is 2.48. The molecule has 0 fully saturated rings. The van der Waals surface area contributed by atoms with Crippen LogP contribution < -0.4 is 5.30 Å². The van der Waals surface area contributed by atoms with Gasteiger partial charge in [0.2, 0.25) is 0 Å². The van der Waals surface area contributed by atoms with Crippen molar-refractivity contribution in [3.63, 3.8) is 0 Å². The molecule has 0 unspecified atom stereocenters. The normalized spacial score (nSPS) is 11.9. The van der Waals surface area contributed by atoms with E-state index < -0.39 is 7.14 Å². The molecule has 0 N–H and O–H groups in total. The van der Waals surface area contributed by atoms with Crippen LogP contribution in [0.4, 0.5) is 0 Å². The monoisotopic (exact) mass is 400 g/mol. The molecular formula is C26H41OP. The fraction of sp³-hybridized carbons (Fsp3) is 0.615. The second-order valence-electron chi connectivity index (χ2n) is 8.37. The summed E-state index contributed by atoms with van der Waals surface area (Å²) in [5.74, 6) is 0. The molecule has 0 aliphatic carbocycles. The lowest BCUT2D eigenvalue weighted by molar-refractivity contribution is 0.568. The Morgan fingerprint density at radius 3 is 1.71 bits per heavy atom. The standard InChI is InChI=1S/C26H41OP/c1-3-5-7-9-11-15-22-28(27,23-16-12-10-8-6-4-2)26-21-17-19-24-18-13-14-20-25(24)26/h13-14,17-21H,3-12,15-16,22-23H2,1-2H3. The first-order valence-electron chi connectivity index (χ1n) is 11.8. The summed E-state index contributed by atoms with van der Waals surface area (Å²) in [5, 5.41) is 3.59. The molecule has 0 amide bonds. The zero-order valence-electron chi connectivity index (χ0n) is 18.3. The van der Waals surface area contributed by atoms with E-state index in [9.17, 15) is 4.57 Å². The average molecular weight is 401 g/mol. The lowest BCUT2D eigenvalue weighted by Crippen LogP contribution is -2.12. The van der Waals surface area contributed by atoms with Gasteiger partial charge in [-0.25, -0.2) is 0 Å². The Morgan fingerprint density at radius 1 is 0.607 bits per heavy atom. The summed E-state index contributed by atoms with van der Waals surface area (Å²) >= 11 is 0. The minimum atomic E-state index is -2.33. The van der Waals surface area contributed by atoms with Gasteiger partial charge in [0.25, 0.3) is 0 Å². The first-order chi connectivity index (χ1) is 13.7. The van der Waals surface area contributed by atoms with Crippen LogP contribution in [0.1, 0.15) is 90.9 Å². The zero-order chi connectivity index (χ0) is 20.1. The van der Waals surface area contributed by atoms with E-state index in [4.69, 9.17) is 0 Å². The SMILES string of the molecule is CCCCCCCCP(=O)(CCCCCCCC)c1cccc2ccccc12. The Kier molecular flexibility index (Phi) is 10.9. The predicted octanol–water partition coefficient (Wildman–Crippen LogP) is 8.55. The van der Waals surface area contributed by atoms with Gasteiger partial charge in [-0.15, -0.1) is 0 Å². The maximum atomic E-state index is 14.2. The third kappa shape index (κ3) is 7.40. The van der Waals surface area contributed by atoms with Gasteiger partial charge in [-0.2, -0.15) is 0 Å². The molecule has 28 heavy (non-hydrogen) atoms. The Morgan fingerprint density at radius 2 is 1.11 bits per heavy atom. The lowest BCUT2D eigenvalue weighted by Gasteiger charge is -2.21. The summed E-state index contributed by atoms with van der Waals surface area (Å²) in [6.45, 7) is 4.52. The van der Waals surface area contributed by atoms with Gasteiger partial charge in [0.1, 0.15) is 7.14 Å². The van der Waals surface area contributed by atoms with Gasteiger partial charge in [0.05, 0.1) is 0 Å². The molecular weight excluding hydrogens is 359 g/mol. The summed E-state index contributed by atoms with van der Waals surface area (Å²) in [7, 11) is -2.33. The first kappa shape index (κ1) is 23.2. The van der Waals surface area contributed by atoms with Crippen molar-refractivity contribution in [3.8, 4) is 0 Å². The van der Waals surface area contributed by atoms with Crippen molar-refractivity contribution < 1.29 is 4.57 Å². The first-order valence-corrected chi connectivity index (χ1v) is 13.9. The Labute approximate surface area is 173 Å². The minimum Gasteiger partial charge on any atom is -0.319 e. The molecule has 0 bridgehead atoms. The van der Waals surface area contributed by atoms with E-state index in [1.165, 1.54) is 75.0 Å². The third-order valence-corrected chi connectivity index (χ3v) is 9.30. The fourth-order valence-electron chi connectivity index (χ4n) is 4.21. The van der Waals surface area contributed by atoms with Crippen LogP contribution in [-0.4, -0.2) is 12.3 Å². The van der Waals surface area contributed by atoms with Gasteiger partial charge in [0, 0.05) is 17.6 Å². The second kappa shape index (κ2) is 13.2. The van der Waals surface area contributed by atoms with Crippen molar-refractivity contribution in [1.29, 1.82) is 0 Å². The van der Waals surface area contributed by atoms with E-state index in [-0.39, 0.29) is 0 Å². The van der Waals surface area contributed by atoms with Gasteiger partial charge in [0.15, 0.2) is 0 Å². The number of fused-ring (bicyclic) bond motifs is 1. The Bertz CT molecular complexity index is 696. The van der Waals surface area contributed by atoms with Crippen molar-refractivity contribution in [2.75, 3.05) is 12.3 Å². The van der Waals surface area contributed by atoms with E-state index in [2.05, 4.69) is 56.3 Å². The summed E-state index contributed by atoms with van der Waals surface area (Å²) < 4.78 is 14.2. The summed E-state index contributed by atoms with van der Waals surface area (Å²) in [6.07, 6.45) is 16.9. The third-order valence-electron chi connectivity index (χ3n) is 5.95. The number of rotatable bonds is 15. The van der Waals surface area contributed by atoms with Crippen LogP contribution >= 0.6 is 7.14 Å². The molecule has 0 heterocycles. The highest BCUT2D eigenvalue weighted by molar-refractivity contribution is 7.72. The maximum Gasteiger partial charge on any atom is 0.116 e. The molecule has 0 saturated heterocycles. The molecule has 2 heteroatoms. The molecule has 0 spiro atoms. The van der Waals surface area contributed by atoms with E-state index >= 15 is 0 Å². The molecule has 0 aliphatic rings. The molecule has 2 aromatic carbocycles. The van der Waals surface area contributed by atoms with E-state index in [1.807, 2.05) is 0 Å². The van der Waals surface area contributed by atoms with Crippen molar-refractivity contribution in [2.24, 2.45) is 0 Å². The minimum absolute atomic E-state index is 0.891. The highest BCUT2D eigenvalue weighted by Gasteiger charge is 2.25. The molecule has 0 atom stereocenters. The summed E-state index contributed by atoms with van der Waals surface area (Å²) in [6, 6.07) is 14.9. The molecule has 156 valence electrons. The second-order valence-corrected chi connectivity index (χ2v) is 11.5. The van der Waals surface area contributed by atoms with Crippen LogP contribution in [0.5, 0.6) is 0 Å². The van der Waals surface area contributed by atoms with Gasteiger partial charge in [-0.3, -0.25) is 0 Å². The van der Waals surface area contributed by atoms with Crippen LogP contribution in [0, 0.1) is 0 Å². The van der Waals surface area contributed by atoms with Crippen molar-refractivity contribution in [3.05, 3.63) is 42.5 Å². The topological polar surface area (TPSA) is 17.1 Å². The van der Waals surface area contributed by atoms with Crippen LogP contribution in [0.3, 0.4) is 0 Å². The number of unbranched alkanes of at least 4 members (excludes halogenated alkanes) is 10. The Balaban J connectivity index is 2.05. The lowest BCUT2D eigenvalue weighted by atomic mass is 10.1. The fourth-order valence-corrected chi connectivity index (χ4v) is 7.39. The number of benzene rings is 2. The molecule has 1 nitrogen and oxygen atoms in total. The summed E-state index contributed by atoms with van der Waals surface area (Å²) in [5.41, 5.74) is 0. The predicted molar refractivity (Wildman–Crippen MR) is 128 cm³/mol. The largest absolute Gasteiger partial charge is 0.319 e. The van der Waals surface area contributed by atoms with E-state index in [0.717, 1.165) is 30.5 Å². The van der Waals surface area contributed by atoms with Gasteiger partial charge in [-0.1, -0.05) is 121 Å². The summed E-state index contributed by atoms with van der Waals surface area (Å²) in [4.78, 5) is 0. The van der Waals surface area contributed by atoms with Crippen LogP contribution in [0.25, 0.3) is 10.8 Å². The van der Waals surface area contributed by atoms with Crippen molar-refractivity contribution in [2.45, 2.75) is 90.9 Å². The average Bonchev–Trinajstić information content (AvgIpc) is 2.73. The molecule has 2 rings (SSSR count). The number of hydrogen-bond donors (Lipinski definition) is 0. The molecule has 0 aromatic heterocycles. The van der Waals surface area contributed by atoms with Gasteiger partial charge >= 0.3 is 0 Å². The zero-order valence-corrected chi connectivity index (χ0v) is 19.2. The van der Waals surface area contributed by atoms with Crippen LogP contribution in [-0.2, 0) is 4.57 Å².